The van der Waals surface area contributed by atoms with E-state index in [1.807, 2.05) is 6.92 Å². The third-order valence-electron chi connectivity index (χ3n) is 2.81. The molecule has 0 saturated carbocycles. The van der Waals surface area contributed by atoms with Gasteiger partial charge in [-0.15, -0.1) is 0 Å². The van der Waals surface area contributed by atoms with Gasteiger partial charge in [-0.3, -0.25) is 0 Å². The molecule has 0 radical (unpaired) electrons. The summed E-state index contributed by atoms with van der Waals surface area (Å²) in [5.41, 5.74) is 6.73. The first kappa shape index (κ1) is 11.7. The SMILES string of the molecule is CCc1c(C)nc2c(F)cc(F)c(F)c2c1N. The molecule has 1 heterocycles. The average molecular weight is 240 g/mol. The minimum absolute atomic E-state index is 0.0610. The Hall–Kier alpha value is -1.78. The van der Waals surface area contributed by atoms with Crippen molar-refractivity contribution in [1.82, 2.24) is 4.98 Å². The largest absolute Gasteiger partial charge is 0.398 e. The molecular weight excluding hydrogens is 229 g/mol. The molecular formula is C12H11F3N2. The van der Waals surface area contributed by atoms with Crippen LogP contribution >= 0.6 is 0 Å². The van der Waals surface area contributed by atoms with Gasteiger partial charge in [-0.2, -0.15) is 0 Å². The number of anilines is 1. The fraction of sp³-hybridized carbons (Fsp3) is 0.250. The van der Waals surface area contributed by atoms with Crippen molar-refractivity contribution in [3.63, 3.8) is 0 Å². The molecule has 0 aliphatic carbocycles. The third-order valence-corrected chi connectivity index (χ3v) is 2.81. The molecule has 0 fully saturated rings. The standard InChI is InChI=1S/C12H11F3N2/c1-3-6-5(2)17-12-8(14)4-7(13)10(15)9(12)11(6)16/h4H,3H2,1-2H3,(H2,16,17). The Morgan fingerprint density at radius 2 is 1.88 bits per heavy atom. The van der Waals surface area contributed by atoms with Crippen LogP contribution in [0.3, 0.4) is 0 Å². The zero-order valence-electron chi connectivity index (χ0n) is 9.44. The van der Waals surface area contributed by atoms with Crippen molar-refractivity contribution in [1.29, 1.82) is 0 Å². The summed E-state index contributed by atoms with van der Waals surface area (Å²) in [4.78, 5) is 3.95. The molecule has 0 aliphatic rings. The van der Waals surface area contributed by atoms with E-state index in [0.717, 1.165) is 0 Å². The second-order valence-corrected chi connectivity index (χ2v) is 3.82. The number of hydrogen-bond donors (Lipinski definition) is 1. The van der Waals surface area contributed by atoms with Crippen LogP contribution < -0.4 is 5.73 Å². The molecule has 2 aromatic rings. The molecule has 17 heavy (non-hydrogen) atoms. The highest BCUT2D eigenvalue weighted by atomic mass is 19.2. The Kier molecular flexibility index (Phi) is 2.69. The van der Waals surface area contributed by atoms with E-state index >= 15 is 0 Å². The van der Waals surface area contributed by atoms with Crippen LogP contribution in [0.1, 0.15) is 18.2 Å². The van der Waals surface area contributed by atoms with Crippen molar-refractivity contribution in [2.75, 3.05) is 5.73 Å². The first-order valence-electron chi connectivity index (χ1n) is 5.19. The van der Waals surface area contributed by atoms with Gasteiger partial charge in [0.15, 0.2) is 17.5 Å². The summed E-state index contributed by atoms with van der Waals surface area (Å²) in [6.45, 7) is 3.48. The van der Waals surface area contributed by atoms with Crippen LogP contribution in [0.2, 0.25) is 0 Å². The third kappa shape index (κ3) is 1.62. The Bertz CT molecular complexity index is 609. The van der Waals surface area contributed by atoms with E-state index in [1.165, 1.54) is 0 Å². The lowest BCUT2D eigenvalue weighted by Gasteiger charge is -2.11. The Morgan fingerprint density at radius 1 is 1.24 bits per heavy atom. The minimum Gasteiger partial charge on any atom is -0.398 e. The summed E-state index contributed by atoms with van der Waals surface area (Å²) in [6.07, 6.45) is 0.526. The van der Waals surface area contributed by atoms with E-state index in [0.29, 0.717) is 23.7 Å². The van der Waals surface area contributed by atoms with Crippen LogP contribution in [0.25, 0.3) is 10.9 Å². The number of rotatable bonds is 1. The molecule has 5 heteroatoms. The van der Waals surface area contributed by atoms with Crippen molar-refractivity contribution in [3.8, 4) is 0 Å². The summed E-state index contributed by atoms with van der Waals surface area (Å²) in [7, 11) is 0. The van der Waals surface area contributed by atoms with Crippen molar-refractivity contribution >= 4 is 16.6 Å². The van der Waals surface area contributed by atoms with E-state index in [-0.39, 0.29) is 16.6 Å². The first-order chi connectivity index (χ1) is 7.97. The number of hydrogen-bond acceptors (Lipinski definition) is 2. The number of aryl methyl sites for hydroxylation is 1. The molecule has 90 valence electrons. The molecule has 2 nitrogen and oxygen atoms in total. The van der Waals surface area contributed by atoms with Gasteiger partial charge in [0.1, 0.15) is 5.52 Å². The highest BCUT2D eigenvalue weighted by Gasteiger charge is 2.19. The van der Waals surface area contributed by atoms with Crippen molar-refractivity contribution in [3.05, 3.63) is 34.8 Å². The van der Waals surface area contributed by atoms with E-state index in [2.05, 4.69) is 4.98 Å². The van der Waals surface area contributed by atoms with Crippen LogP contribution in [0, 0.1) is 24.4 Å². The second-order valence-electron chi connectivity index (χ2n) is 3.82. The monoisotopic (exact) mass is 240 g/mol. The zero-order chi connectivity index (χ0) is 12.7. The van der Waals surface area contributed by atoms with Gasteiger partial charge >= 0.3 is 0 Å². The normalized spacial score (nSPS) is 11.1. The summed E-state index contributed by atoms with van der Waals surface area (Å²) in [5.74, 6) is -3.31. The van der Waals surface area contributed by atoms with Gasteiger partial charge in [0.2, 0.25) is 0 Å². The lowest BCUT2D eigenvalue weighted by Crippen LogP contribution is -2.04. The Morgan fingerprint density at radius 3 is 2.47 bits per heavy atom. The topological polar surface area (TPSA) is 38.9 Å². The predicted molar refractivity (Wildman–Crippen MR) is 60.1 cm³/mol. The van der Waals surface area contributed by atoms with Gasteiger partial charge in [0, 0.05) is 17.4 Å². The molecule has 0 spiro atoms. The number of halogens is 3. The molecule has 1 aromatic heterocycles. The lowest BCUT2D eigenvalue weighted by atomic mass is 10.0. The molecule has 0 amide bonds. The molecule has 0 bridgehead atoms. The van der Waals surface area contributed by atoms with Crippen molar-refractivity contribution < 1.29 is 13.2 Å². The van der Waals surface area contributed by atoms with E-state index in [1.54, 1.807) is 6.92 Å². The highest BCUT2D eigenvalue weighted by molar-refractivity contribution is 5.93. The maximum atomic E-state index is 13.6. The van der Waals surface area contributed by atoms with E-state index in [9.17, 15) is 13.2 Å². The van der Waals surface area contributed by atoms with Crippen LogP contribution in [-0.4, -0.2) is 4.98 Å². The van der Waals surface area contributed by atoms with Crippen LogP contribution in [0.15, 0.2) is 6.07 Å². The van der Waals surface area contributed by atoms with Crippen LogP contribution in [0.5, 0.6) is 0 Å². The number of nitrogen functional groups attached to an aromatic ring is 1. The fourth-order valence-corrected chi connectivity index (χ4v) is 1.97. The van der Waals surface area contributed by atoms with Gasteiger partial charge < -0.3 is 5.73 Å². The van der Waals surface area contributed by atoms with E-state index in [4.69, 9.17) is 5.73 Å². The number of benzene rings is 1. The highest BCUT2D eigenvalue weighted by Crippen LogP contribution is 2.31. The second kappa shape index (κ2) is 3.91. The molecule has 1 aromatic carbocycles. The summed E-state index contributed by atoms with van der Waals surface area (Å²) >= 11 is 0. The summed E-state index contributed by atoms with van der Waals surface area (Å²) in [6, 6.07) is 0.481. The molecule has 0 unspecified atom stereocenters. The van der Waals surface area contributed by atoms with Crippen molar-refractivity contribution in [2.45, 2.75) is 20.3 Å². The van der Waals surface area contributed by atoms with Gasteiger partial charge in [0.05, 0.1) is 5.39 Å². The number of fused-ring (bicyclic) bond motifs is 1. The smallest absolute Gasteiger partial charge is 0.170 e. The summed E-state index contributed by atoms with van der Waals surface area (Å²) in [5, 5.41) is -0.273. The van der Waals surface area contributed by atoms with Crippen molar-refractivity contribution in [2.24, 2.45) is 0 Å². The maximum Gasteiger partial charge on any atom is 0.170 e. The predicted octanol–water partition coefficient (Wildman–Crippen LogP) is 3.11. The number of nitrogens with zero attached hydrogens (tertiary/aromatic N) is 1. The minimum atomic E-state index is -1.26. The number of pyridine rings is 1. The fourth-order valence-electron chi connectivity index (χ4n) is 1.97. The average Bonchev–Trinajstić information content (AvgIpc) is 2.26. The van der Waals surface area contributed by atoms with Crippen LogP contribution in [0.4, 0.5) is 18.9 Å². The zero-order valence-corrected chi connectivity index (χ0v) is 9.44. The maximum absolute atomic E-state index is 13.6. The van der Waals surface area contributed by atoms with Gasteiger partial charge in [-0.25, -0.2) is 18.2 Å². The molecule has 2 rings (SSSR count). The molecule has 2 N–H and O–H groups in total. The molecule has 0 atom stereocenters. The molecule has 0 saturated heterocycles. The Labute approximate surface area is 96.3 Å². The lowest BCUT2D eigenvalue weighted by molar-refractivity contribution is 0.505. The molecule has 0 aliphatic heterocycles. The Balaban J connectivity index is 3.02. The van der Waals surface area contributed by atoms with Crippen LogP contribution in [-0.2, 0) is 6.42 Å². The van der Waals surface area contributed by atoms with Gasteiger partial charge in [0.25, 0.3) is 0 Å². The first-order valence-corrected chi connectivity index (χ1v) is 5.19. The number of aromatic nitrogens is 1. The summed E-state index contributed by atoms with van der Waals surface area (Å²) < 4.78 is 40.3. The van der Waals surface area contributed by atoms with Gasteiger partial charge in [-0.05, 0) is 18.9 Å². The number of nitrogens with two attached hydrogens (primary N) is 1. The quantitative estimate of drug-likeness (QED) is 0.778. The van der Waals surface area contributed by atoms with E-state index < -0.39 is 17.5 Å². The van der Waals surface area contributed by atoms with Gasteiger partial charge in [-0.1, -0.05) is 6.92 Å².